The molecule has 0 saturated carbocycles. The van der Waals surface area contributed by atoms with Gasteiger partial charge in [-0.05, 0) is 18.2 Å². The van der Waals surface area contributed by atoms with Gasteiger partial charge in [-0.1, -0.05) is 28.1 Å². The van der Waals surface area contributed by atoms with E-state index in [0.717, 1.165) is 12.1 Å². The van der Waals surface area contributed by atoms with Crippen LogP contribution in [0.2, 0.25) is 0 Å². The molecule has 0 aliphatic carbocycles. The Balaban J connectivity index is 2.47. The van der Waals surface area contributed by atoms with E-state index < -0.39 is 23.2 Å². The number of hydrogen-bond donors (Lipinski definition) is 0. The highest BCUT2D eigenvalue weighted by molar-refractivity contribution is 9.10. The highest BCUT2D eigenvalue weighted by Crippen LogP contribution is 2.33. The maximum absolute atomic E-state index is 13.6. The van der Waals surface area contributed by atoms with Crippen LogP contribution >= 0.6 is 27.5 Å². The van der Waals surface area contributed by atoms with Crippen molar-refractivity contribution in [1.29, 1.82) is 0 Å². The second-order valence-electron chi connectivity index (χ2n) is 3.66. The molecule has 0 amide bonds. The van der Waals surface area contributed by atoms with E-state index in [1.54, 1.807) is 0 Å². The average molecular weight is 352 g/mol. The molecule has 100 valence electrons. The predicted molar refractivity (Wildman–Crippen MR) is 70.1 cm³/mol. The molecular weight excluding hydrogens is 344 g/mol. The lowest BCUT2D eigenvalue weighted by Crippen LogP contribution is -1.97. The van der Waals surface area contributed by atoms with Gasteiger partial charge in [-0.25, -0.2) is 8.78 Å². The van der Waals surface area contributed by atoms with Crippen molar-refractivity contribution >= 4 is 27.5 Å². The zero-order valence-corrected chi connectivity index (χ0v) is 11.7. The number of rotatable bonds is 3. The summed E-state index contributed by atoms with van der Waals surface area (Å²) >= 11 is 8.66. The van der Waals surface area contributed by atoms with Crippen molar-refractivity contribution in [3.8, 4) is 11.5 Å². The lowest BCUT2D eigenvalue weighted by molar-refractivity contribution is 0.394. The van der Waals surface area contributed by atoms with Crippen molar-refractivity contribution in [2.24, 2.45) is 0 Å². The SMILES string of the molecule is Fc1cc(Br)cc(Oc2c(F)cccc2CCl)c1F. The third-order valence-electron chi connectivity index (χ3n) is 2.36. The minimum Gasteiger partial charge on any atom is -0.451 e. The average Bonchev–Trinajstić information content (AvgIpc) is 2.37. The van der Waals surface area contributed by atoms with Crippen LogP contribution in [0.4, 0.5) is 13.2 Å². The Kier molecular flexibility index (Phi) is 4.37. The fourth-order valence-electron chi connectivity index (χ4n) is 1.49. The van der Waals surface area contributed by atoms with Crippen LogP contribution < -0.4 is 4.74 Å². The Bertz CT molecular complexity index is 619. The first-order valence-electron chi connectivity index (χ1n) is 5.18. The van der Waals surface area contributed by atoms with Crippen molar-refractivity contribution in [1.82, 2.24) is 0 Å². The van der Waals surface area contributed by atoms with E-state index in [4.69, 9.17) is 16.3 Å². The Labute approximate surface area is 121 Å². The van der Waals surface area contributed by atoms with Crippen LogP contribution in [-0.2, 0) is 5.88 Å². The molecule has 1 nitrogen and oxygen atoms in total. The van der Waals surface area contributed by atoms with Gasteiger partial charge in [0.1, 0.15) is 0 Å². The highest BCUT2D eigenvalue weighted by Gasteiger charge is 2.16. The molecule has 6 heteroatoms. The van der Waals surface area contributed by atoms with Gasteiger partial charge in [0.05, 0.1) is 5.88 Å². The number of halogens is 5. The van der Waals surface area contributed by atoms with E-state index >= 15 is 0 Å². The Morgan fingerprint density at radius 1 is 1.11 bits per heavy atom. The van der Waals surface area contributed by atoms with Crippen LogP contribution in [0.1, 0.15) is 5.56 Å². The van der Waals surface area contributed by atoms with E-state index in [-0.39, 0.29) is 16.1 Å². The summed E-state index contributed by atoms with van der Waals surface area (Å²) in [5.74, 6) is -3.61. The van der Waals surface area contributed by atoms with Gasteiger partial charge in [0.2, 0.25) is 5.82 Å². The summed E-state index contributed by atoms with van der Waals surface area (Å²) in [5.41, 5.74) is 0.349. The maximum atomic E-state index is 13.6. The first kappa shape index (κ1) is 14.2. The zero-order valence-electron chi connectivity index (χ0n) is 9.39. The van der Waals surface area contributed by atoms with Crippen LogP contribution in [-0.4, -0.2) is 0 Å². The minimum absolute atomic E-state index is 0.00873. The Morgan fingerprint density at radius 3 is 2.53 bits per heavy atom. The summed E-state index contributed by atoms with van der Waals surface area (Å²) in [4.78, 5) is 0. The number of benzene rings is 2. The Hall–Kier alpha value is -1.20. The molecular formula is C13H7BrClF3O. The lowest BCUT2D eigenvalue weighted by atomic mass is 10.2. The summed E-state index contributed by atoms with van der Waals surface area (Å²) in [5, 5.41) is 0. The van der Waals surface area contributed by atoms with Crippen molar-refractivity contribution in [3.63, 3.8) is 0 Å². The molecule has 0 bridgehead atoms. The molecule has 0 radical (unpaired) electrons. The topological polar surface area (TPSA) is 9.23 Å². The van der Waals surface area contributed by atoms with E-state index in [1.165, 1.54) is 18.2 Å². The normalized spacial score (nSPS) is 10.6. The van der Waals surface area contributed by atoms with Gasteiger partial charge in [0, 0.05) is 10.0 Å². The van der Waals surface area contributed by atoms with E-state index in [0.29, 0.717) is 5.56 Å². The number of ether oxygens (including phenoxy) is 1. The van der Waals surface area contributed by atoms with Gasteiger partial charge in [0.15, 0.2) is 23.1 Å². The first-order valence-corrected chi connectivity index (χ1v) is 6.51. The van der Waals surface area contributed by atoms with Crippen LogP contribution in [0.3, 0.4) is 0 Å². The van der Waals surface area contributed by atoms with Gasteiger partial charge >= 0.3 is 0 Å². The van der Waals surface area contributed by atoms with Gasteiger partial charge in [-0.3, -0.25) is 0 Å². The Morgan fingerprint density at radius 2 is 1.84 bits per heavy atom. The van der Waals surface area contributed by atoms with Gasteiger partial charge < -0.3 is 4.74 Å². The number of para-hydroxylation sites is 1. The van der Waals surface area contributed by atoms with Crippen LogP contribution in [0.15, 0.2) is 34.8 Å². The molecule has 0 aliphatic rings. The van der Waals surface area contributed by atoms with E-state index in [2.05, 4.69) is 15.9 Å². The van der Waals surface area contributed by atoms with E-state index in [9.17, 15) is 13.2 Å². The quantitative estimate of drug-likeness (QED) is 0.531. The van der Waals surface area contributed by atoms with Crippen molar-refractivity contribution in [3.05, 3.63) is 57.8 Å². The molecule has 0 fully saturated rings. The summed E-state index contributed by atoms with van der Waals surface area (Å²) in [6.07, 6.45) is 0. The molecule has 0 aromatic heterocycles. The van der Waals surface area contributed by atoms with Crippen molar-refractivity contribution in [2.45, 2.75) is 5.88 Å². The molecule has 0 atom stereocenters. The largest absolute Gasteiger partial charge is 0.451 e. The molecule has 2 aromatic rings. The molecule has 0 unspecified atom stereocenters. The third kappa shape index (κ3) is 3.04. The van der Waals surface area contributed by atoms with Crippen molar-refractivity contribution in [2.75, 3.05) is 0 Å². The second-order valence-corrected chi connectivity index (χ2v) is 4.85. The molecule has 2 rings (SSSR count). The third-order valence-corrected chi connectivity index (χ3v) is 3.11. The molecule has 0 heterocycles. The smallest absolute Gasteiger partial charge is 0.201 e. The molecule has 0 saturated heterocycles. The minimum atomic E-state index is -1.19. The molecule has 0 spiro atoms. The fraction of sp³-hybridized carbons (Fsp3) is 0.0769. The summed E-state index contributed by atoms with van der Waals surface area (Å²) in [6, 6.07) is 6.31. The number of alkyl halides is 1. The predicted octanol–water partition coefficient (Wildman–Crippen LogP) is 5.40. The molecule has 19 heavy (non-hydrogen) atoms. The van der Waals surface area contributed by atoms with E-state index in [1.807, 2.05) is 0 Å². The molecule has 0 N–H and O–H groups in total. The summed E-state index contributed by atoms with van der Waals surface area (Å²) in [7, 11) is 0. The van der Waals surface area contributed by atoms with Gasteiger partial charge in [0.25, 0.3) is 0 Å². The number of hydrogen-bond acceptors (Lipinski definition) is 1. The van der Waals surface area contributed by atoms with Crippen LogP contribution in [0.5, 0.6) is 11.5 Å². The molecule has 0 aliphatic heterocycles. The van der Waals surface area contributed by atoms with Crippen LogP contribution in [0.25, 0.3) is 0 Å². The zero-order chi connectivity index (χ0) is 14.0. The second kappa shape index (κ2) is 5.84. The van der Waals surface area contributed by atoms with Crippen LogP contribution in [0, 0.1) is 17.5 Å². The highest BCUT2D eigenvalue weighted by atomic mass is 79.9. The fourth-order valence-corrected chi connectivity index (χ4v) is 2.11. The first-order chi connectivity index (χ1) is 9.02. The monoisotopic (exact) mass is 350 g/mol. The summed E-state index contributed by atoms with van der Waals surface area (Å²) < 4.78 is 45.8. The van der Waals surface area contributed by atoms with Crippen molar-refractivity contribution < 1.29 is 17.9 Å². The standard InChI is InChI=1S/C13H7BrClF3O/c14-8-4-10(17)12(18)11(5-8)19-13-7(6-15)2-1-3-9(13)16/h1-5H,6H2. The molecule has 2 aromatic carbocycles. The van der Waals surface area contributed by atoms with Gasteiger partial charge in [-0.2, -0.15) is 4.39 Å². The van der Waals surface area contributed by atoms with Gasteiger partial charge in [-0.15, -0.1) is 11.6 Å². The lowest BCUT2D eigenvalue weighted by Gasteiger charge is -2.11. The maximum Gasteiger partial charge on any atom is 0.201 e. The summed E-state index contributed by atoms with van der Waals surface area (Å²) in [6.45, 7) is 0.